The van der Waals surface area contributed by atoms with Crippen LogP contribution in [0.15, 0.2) is 36.4 Å². The van der Waals surface area contributed by atoms with Gasteiger partial charge in [0.05, 0.1) is 11.5 Å². The highest BCUT2D eigenvalue weighted by atomic mass is 16.4. The standard InChI is InChI=1S/C16H15NO6/c1-8(15(20)21)11-6-13(18)14(19)7-12(11)17-10-4-2-9(3-5-10)16(22)23/h2-8,17-19H,1H3,(H,20,21)(H,22,23). The van der Waals surface area contributed by atoms with Gasteiger partial charge in [-0.1, -0.05) is 0 Å². The zero-order valence-corrected chi connectivity index (χ0v) is 12.1. The van der Waals surface area contributed by atoms with Crippen LogP contribution in [0.25, 0.3) is 0 Å². The van der Waals surface area contributed by atoms with E-state index in [2.05, 4.69) is 5.32 Å². The summed E-state index contributed by atoms with van der Waals surface area (Å²) in [7, 11) is 0. The fourth-order valence-electron chi connectivity index (χ4n) is 2.04. The molecular formula is C16H15NO6. The van der Waals surface area contributed by atoms with Gasteiger partial charge in [0.15, 0.2) is 11.5 Å². The summed E-state index contributed by atoms with van der Waals surface area (Å²) in [6.45, 7) is 1.45. The maximum Gasteiger partial charge on any atom is 0.335 e. The number of aromatic carboxylic acids is 1. The predicted octanol–water partition coefficient (Wildman–Crippen LogP) is 2.73. The van der Waals surface area contributed by atoms with Crippen LogP contribution < -0.4 is 5.32 Å². The zero-order chi connectivity index (χ0) is 17.1. The Morgan fingerprint density at radius 3 is 2.09 bits per heavy atom. The lowest BCUT2D eigenvalue weighted by molar-refractivity contribution is -0.138. The highest BCUT2D eigenvalue weighted by Gasteiger charge is 2.20. The molecule has 0 amide bonds. The third kappa shape index (κ3) is 3.52. The van der Waals surface area contributed by atoms with Crippen LogP contribution in [0.4, 0.5) is 11.4 Å². The van der Waals surface area contributed by atoms with Crippen molar-refractivity contribution in [3.05, 3.63) is 47.5 Å². The second kappa shape index (κ2) is 6.27. The number of aromatic hydroxyl groups is 2. The number of aliphatic carboxylic acids is 1. The maximum atomic E-state index is 11.2. The summed E-state index contributed by atoms with van der Waals surface area (Å²) in [5.74, 6) is -3.86. The maximum absolute atomic E-state index is 11.2. The van der Waals surface area contributed by atoms with E-state index < -0.39 is 29.4 Å². The van der Waals surface area contributed by atoms with Crippen molar-refractivity contribution >= 4 is 23.3 Å². The average Bonchev–Trinajstić information content (AvgIpc) is 2.50. The quantitative estimate of drug-likeness (QED) is 0.424. The Morgan fingerprint density at radius 2 is 1.57 bits per heavy atom. The molecule has 1 unspecified atom stereocenters. The number of phenols is 2. The van der Waals surface area contributed by atoms with Crippen molar-refractivity contribution < 1.29 is 30.0 Å². The van der Waals surface area contributed by atoms with Crippen LogP contribution in [0, 0.1) is 0 Å². The van der Waals surface area contributed by atoms with Gasteiger partial charge in [-0.15, -0.1) is 0 Å². The molecule has 2 aromatic carbocycles. The molecule has 0 radical (unpaired) electrons. The largest absolute Gasteiger partial charge is 0.504 e. The van der Waals surface area contributed by atoms with Crippen molar-refractivity contribution in [3.8, 4) is 11.5 Å². The Balaban J connectivity index is 2.40. The Bertz CT molecular complexity index is 754. The van der Waals surface area contributed by atoms with Crippen LogP contribution >= 0.6 is 0 Å². The molecule has 0 aromatic heterocycles. The minimum atomic E-state index is -1.08. The van der Waals surface area contributed by atoms with Gasteiger partial charge in [-0.3, -0.25) is 4.79 Å². The van der Waals surface area contributed by atoms with Crippen LogP contribution in [0.1, 0.15) is 28.8 Å². The number of carbonyl (C=O) groups is 2. The van der Waals surface area contributed by atoms with E-state index in [9.17, 15) is 19.8 Å². The molecule has 0 aliphatic rings. The normalized spacial score (nSPS) is 11.7. The van der Waals surface area contributed by atoms with Crippen molar-refractivity contribution in [3.63, 3.8) is 0 Å². The first-order valence-electron chi connectivity index (χ1n) is 6.68. The Kier molecular flexibility index (Phi) is 4.40. The minimum absolute atomic E-state index is 0.114. The minimum Gasteiger partial charge on any atom is -0.504 e. The third-order valence-corrected chi connectivity index (χ3v) is 3.39. The molecule has 0 saturated carbocycles. The zero-order valence-electron chi connectivity index (χ0n) is 12.1. The van der Waals surface area contributed by atoms with Crippen LogP contribution in [-0.4, -0.2) is 32.4 Å². The van der Waals surface area contributed by atoms with Crippen molar-refractivity contribution in [2.24, 2.45) is 0 Å². The van der Waals surface area contributed by atoms with Gasteiger partial charge in [-0.2, -0.15) is 0 Å². The van der Waals surface area contributed by atoms with Gasteiger partial charge in [-0.25, -0.2) is 4.79 Å². The van der Waals surface area contributed by atoms with E-state index in [1.165, 1.54) is 43.3 Å². The monoisotopic (exact) mass is 317 g/mol. The lowest BCUT2D eigenvalue weighted by Gasteiger charge is -2.16. The average molecular weight is 317 g/mol. The first-order valence-corrected chi connectivity index (χ1v) is 6.68. The van der Waals surface area contributed by atoms with E-state index in [4.69, 9.17) is 10.2 Å². The number of phenolic OH excluding ortho intramolecular Hbond substituents is 2. The number of benzene rings is 2. The van der Waals surface area contributed by atoms with Crippen molar-refractivity contribution in [2.45, 2.75) is 12.8 Å². The lowest BCUT2D eigenvalue weighted by atomic mass is 9.98. The van der Waals surface area contributed by atoms with E-state index in [0.29, 0.717) is 11.4 Å². The number of hydrogen-bond acceptors (Lipinski definition) is 5. The summed E-state index contributed by atoms with van der Waals surface area (Å²) >= 11 is 0. The molecule has 1 atom stereocenters. The summed E-state index contributed by atoms with van der Waals surface area (Å²) in [4.78, 5) is 22.0. The fourth-order valence-corrected chi connectivity index (χ4v) is 2.04. The molecule has 0 bridgehead atoms. The summed E-state index contributed by atoms with van der Waals surface area (Å²) in [6, 6.07) is 8.22. The van der Waals surface area contributed by atoms with Gasteiger partial charge in [0, 0.05) is 17.4 Å². The molecular weight excluding hydrogens is 302 g/mol. The summed E-state index contributed by atoms with van der Waals surface area (Å²) < 4.78 is 0. The molecule has 0 heterocycles. The van der Waals surface area contributed by atoms with Gasteiger partial charge in [0.25, 0.3) is 0 Å². The van der Waals surface area contributed by atoms with Crippen molar-refractivity contribution in [2.75, 3.05) is 5.32 Å². The molecule has 2 aromatic rings. The number of hydrogen-bond donors (Lipinski definition) is 5. The van der Waals surface area contributed by atoms with E-state index in [-0.39, 0.29) is 11.1 Å². The molecule has 0 spiro atoms. The third-order valence-electron chi connectivity index (χ3n) is 3.39. The molecule has 0 aliphatic heterocycles. The molecule has 2 rings (SSSR count). The first-order chi connectivity index (χ1) is 10.8. The Labute approximate surface area is 131 Å². The van der Waals surface area contributed by atoms with Crippen LogP contribution in [-0.2, 0) is 4.79 Å². The van der Waals surface area contributed by atoms with Gasteiger partial charge < -0.3 is 25.7 Å². The highest BCUT2D eigenvalue weighted by molar-refractivity contribution is 5.88. The number of carboxylic acid groups (broad SMARTS) is 2. The molecule has 0 saturated heterocycles. The van der Waals surface area contributed by atoms with Crippen LogP contribution in [0.2, 0.25) is 0 Å². The van der Waals surface area contributed by atoms with E-state index in [1.807, 2.05) is 0 Å². The predicted molar refractivity (Wildman–Crippen MR) is 82.5 cm³/mol. The van der Waals surface area contributed by atoms with Gasteiger partial charge in [0.1, 0.15) is 0 Å². The smallest absolute Gasteiger partial charge is 0.335 e. The highest BCUT2D eigenvalue weighted by Crippen LogP contribution is 2.36. The summed E-state index contributed by atoms with van der Waals surface area (Å²) in [5, 5.41) is 40.1. The van der Waals surface area contributed by atoms with E-state index in [0.717, 1.165) is 0 Å². The molecule has 0 aliphatic carbocycles. The Morgan fingerprint density at radius 1 is 1.00 bits per heavy atom. The summed E-state index contributed by atoms with van der Waals surface area (Å²) in [5.41, 5.74) is 1.22. The van der Waals surface area contributed by atoms with Crippen LogP contribution in [0.3, 0.4) is 0 Å². The number of nitrogens with one attached hydrogen (secondary N) is 1. The second-order valence-electron chi connectivity index (χ2n) is 5.00. The molecule has 5 N–H and O–H groups in total. The van der Waals surface area contributed by atoms with E-state index >= 15 is 0 Å². The number of anilines is 2. The number of rotatable bonds is 5. The second-order valence-corrected chi connectivity index (χ2v) is 5.00. The molecule has 0 fully saturated rings. The lowest BCUT2D eigenvalue weighted by Crippen LogP contribution is -2.10. The fraction of sp³-hybridized carbons (Fsp3) is 0.125. The topological polar surface area (TPSA) is 127 Å². The molecule has 7 nitrogen and oxygen atoms in total. The molecule has 23 heavy (non-hydrogen) atoms. The summed E-state index contributed by atoms with van der Waals surface area (Å²) in [6.07, 6.45) is 0. The number of carboxylic acids is 2. The van der Waals surface area contributed by atoms with E-state index in [1.54, 1.807) is 0 Å². The van der Waals surface area contributed by atoms with Gasteiger partial charge in [0.2, 0.25) is 0 Å². The van der Waals surface area contributed by atoms with Gasteiger partial charge >= 0.3 is 11.9 Å². The Hall–Kier alpha value is -3.22. The molecule has 7 heteroatoms. The SMILES string of the molecule is CC(C(=O)O)c1cc(O)c(O)cc1Nc1ccc(C(=O)O)cc1. The van der Waals surface area contributed by atoms with Crippen molar-refractivity contribution in [1.82, 2.24) is 0 Å². The molecule has 120 valence electrons. The van der Waals surface area contributed by atoms with Crippen molar-refractivity contribution in [1.29, 1.82) is 0 Å². The first kappa shape index (κ1) is 16.2. The van der Waals surface area contributed by atoms with Gasteiger partial charge in [-0.05, 0) is 42.8 Å². The van der Waals surface area contributed by atoms with Crippen LogP contribution in [0.5, 0.6) is 11.5 Å².